The van der Waals surface area contributed by atoms with Crippen LogP contribution in [0.15, 0.2) is 0 Å². The Hall–Kier alpha value is -0.250. The van der Waals surface area contributed by atoms with Crippen LogP contribution >= 0.6 is 0 Å². The maximum atomic E-state index is 12.0. The van der Waals surface area contributed by atoms with Crippen molar-refractivity contribution >= 4 is 0 Å². The summed E-state index contributed by atoms with van der Waals surface area (Å²) in [6, 6.07) is -0.696. The van der Waals surface area contributed by atoms with Crippen molar-refractivity contribution in [1.82, 2.24) is 0 Å². The van der Waals surface area contributed by atoms with Gasteiger partial charge >= 0.3 is 6.18 Å². The van der Waals surface area contributed by atoms with Gasteiger partial charge in [0.05, 0.1) is 6.42 Å². The van der Waals surface area contributed by atoms with Crippen molar-refractivity contribution in [3.63, 3.8) is 0 Å². The van der Waals surface area contributed by atoms with Crippen molar-refractivity contribution in [2.75, 3.05) is 0 Å². The highest BCUT2D eigenvalue weighted by molar-refractivity contribution is 4.74. The minimum Gasteiger partial charge on any atom is -0.327 e. The fourth-order valence-electron chi connectivity index (χ4n) is 2.23. The molecule has 84 valence electrons. The Morgan fingerprint density at radius 2 is 1.71 bits per heavy atom. The van der Waals surface area contributed by atoms with Crippen LogP contribution in [-0.2, 0) is 0 Å². The lowest BCUT2D eigenvalue weighted by Crippen LogP contribution is -2.30. The molecule has 0 spiro atoms. The SMILES string of the molecule is NC(CC1CCCCC1)CC(F)(F)F. The quantitative estimate of drug-likeness (QED) is 0.758. The lowest BCUT2D eigenvalue weighted by Gasteiger charge is -2.24. The molecule has 0 aromatic carbocycles. The highest BCUT2D eigenvalue weighted by atomic mass is 19.4. The van der Waals surface area contributed by atoms with E-state index in [0.29, 0.717) is 12.3 Å². The summed E-state index contributed by atoms with van der Waals surface area (Å²) in [5.41, 5.74) is 5.47. The molecule has 14 heavy (non-hydrogen) atoms. The van der Waals surface area contributed by atoms with E-state index in [9.17, 15) is 13.2 Å². The van der Waals surface area contributed by atoms with Gasteiger partial charge in [-0.25, -0.2) is 0 Å². The first-order valence-corrected chi connectivity index (χ1v) is 5.30. The van der Waals surface area contributed by atoms with Gasteiger partial charge in [0.15, 0.2) is 0 Å². The van der Waals surface area contributed by atoms with Crippen LogP contribution in [0.5, 0.6) is 0 Å². The van der Waals surface area contributed by atoms with Gasteiger partial charge in [-0.3, -0.25) is 0 Å². The molecule has 2 N–H and O–H groups in total. The molecule has 0 saturated heterocycles. The average Bonchev–Trinajstić information content (AvgIpc) is 2.02. The molecule has 1 aliphatic rings. The third-order valence-corrected chi connectivity index (χ3v) is 2.85. The lowest BCUT2D eigenvalue weighted by atomic mass is 9.84. The Labute approximate surface area is 82.9 Å². The Morgan fingerprint density at radius 1 is 1.14 bits per heavy atom. The van der Waals surface area contributed by atoms with E-state index in [-0.39, 0.29) is 0 Å². The number of hydrogen-bond donors (Lipinski definition) is 1. The van der Waals surface area contributed by atoms with Gasteiger partial charge in [-0.1, -0.05) is 32.1 Å². The topological polar surface area (TPSA) is 26.0 Å². The van der Waals surface area contributed by atoms with Crippen molar-refractivity contribution in [3.8, 4) is 0 Å². The maximum Gasteiger partial charge on any atom is 0.390 e. The highest BCUT2D eigenvalue weighted by Crippen LogP contribution is 2.30. The lowest BCUT2D eigenvalue weighted by molar-refractivity contribution is -0.139. The normalized spacial score (nSPS) is 22.3. The van der Waals surface area contributed by atoms with Crippen LogP contribution in [0.1, 0.15) is 44.9 Å². The molecule has 0 radical (unpaired) electrons. The zero-order valence-corrected chi connectivity index (χ0v) is 8.32. The molecule has 0 amide bonds. The molecule has 1 saturated carbocycles. The molecular formula is C10H18F3N. The van der Waals surface area contributed by atoms with Crippen molar-refractivity contribution in [2.45, 2.75) is 57.2 Å². The van der Waals surface area contributed by atoms with Crippen molar-refractivity contribution < 1.29 is 13.2 Å². The van der Waals surface area contributed by atoms with Gasteiger partial charge in [0.1, 0.15) is 0 Å². The molecule has 1 fully saturated rings. The second-order valence-electron chi connectivity index (χ2n) is 4.32. The Morgan fingerprint density at radius 3 is 2.21 bits per heavy atom. The summed E-state index contributed by atoms with van der Waals surface area (Å²) in [5, 5.41) is 0. The van der Waals surface area contributed by atoms with Crippen LogP contribution in [0.3, 0.4) is 0 Å². The van der Waals surface area contributed by atoms with Gasteiger partial charge < -0.3 is 5.73 Å². The Kier molecular flexibility index (Phi) is 4.23. The molecule has 0 heterocycles. The number of nitrogens with two attached hydrogens (primary N) is 1. The maximum absolute atomic E-state index is 12.0. The fourth-order valence-corrected chi connectivity index (χ4v) is 2.23. The molecule has 0 aromatic heterocycles. The van der Waals surface area contributed by atoms with Crippen LogP contribution in [0, 0.1) is 5.92 Å². The molecule has 4 heteroatoms. The third kappa shape index (κ3) is 4.84. The Bertz CT molecular complexity index is 161. The zero-order valence-electron chi connectivity index (χ0n) is 8.32. The molecule has 1 aliphatic carbocycles. The van der Waals surface area contributed by atoms with Gasteiger partial charge in [-0.2, -0.15) is 13.2 Å². The molecular weight excluding hydrogens is 191 g/mol. The standard InChI is InChI=1S/C10H18F3N/c11-10(12,13)7-9(14)6-8-4-2-1-3-5-8/h8-9H,1-7,14H2. The van der Waals surface area contributed by atoms with Gasteiger partial charge in [-0.15, -0.1) is 0 Å². The number of rotatable bonds is 3. The number of halogens is 3. The van der Waals surface area contributed by atoms with E-state index in [4.69, 9.17) is 5.73 Å². The fraction of sp³-hybridized carbons (Fsp3) is 1.00. The Balaban J connectivity index is 2.21. The first-order chi connectivity index (χ1) is 6.47. The van der Waals surface area contributed by atoms with Crippen molar-refractivity contribution in [1.29, 1.82) is 0 Å². The van der Waals surface area contributed by atoms with Gasteiger partial charge in [0.2, 0.25) is 0 Å². The van der Waals surface area contributed by atoms with Crippen LogP contribution in [-0.4, -0.2) is 12.2 Å². The molecule has 1 atom stereocenters. The summed E-state index contributed by atoms with van der Waals surface area (Å²) in [6.45, 7) is 0. The summed E-state index contributed by atoms with van der Waals surface area (Å²) >= 11 is 0. The van der Waals surface area contributed by atoms with Crippen molar-refractivity contribution in [3.05, 3.63) is 0 Å². The summed E-state index contributed by atoms with van der Waals surface area (Å²) < 4.78 is 35.9. The second-order valence-corrected chi connectivity index (χ2v) is 4.32. The monoisotopic (exact) mass is 209 g/mol. The van der Waals surface area contributed by atoms with Gasteiger partial charge in [-0.05, 0) is 12.3 Å². The smallest absolute Gasteiger partial charge is 0.327 e. The van der Waals surface area contributed by atoms with E-state index in [1.165, 1.54) is 6.42 Å². The van der Waals surface area contributed by atoms with E-state index in [1.54, 1.807) is 0 Å². The van der Waals surface area contributed by atoms with Gasteiger partial charge in [0.25, 0.3) is 0 Å². The molecule has 0 aliphatic heterocycles. The molecule has 0 bridgehead atoms. The molecule has 1 nitrogen and oxygen atoms in total. The minimum atomic E-state index is -4.10. The van der Waals surface area contributed by atoms with Crippen molar-refractivity contribution in [2.24, 2.45) is 11.7 Å². The molecule has 1 rings (SSSR count). The van der Waals surface area contributed by atoms with Crippen LogP contribution in [0.25, 0.3) is 0 Å². The highest BCUT2D eigenvalue weighted by Gasteiger charge is 2.31. The largest absolute Gasteiger partial charge is 0.390 e. The first-order valence-electron chi connectivity index (χ1n) is 5.30. The van der Waals surface area contributed by atoms with Crippen LogP contribution < -0.4 is 5.73 Å². The zero-order chi connectivity index (χ0) is 10.6. The molecule has 0 aromatic rings. The number of alkyl halides is 3. The predicted molar refractivity (Wildman–Crippen MR) is 49.8 cm³/mol. The second kappa shape index (κ2) is 5.01. The third-order valence-electron chi connectivity index (χ3n) is 2.85. The van der Waals surface area contributed by atoms with Crippen LogP contribution in [0.4, 0.5) is 13.2 Å². The minimum absolute atomic E-state index is 0.432. The van der Waals surface area contributed by atoms with E-state index in [0.717, 1.165) is 25.7 Å². The van der Waals surface area contributed by atoms with Gasteiger partial charge in [0, 0.05) is 6.04 Å². The van der Waals surface area contributed by atoms with Crippen LogP contribution in [0.2, 0.25) is 0 Å². The number of hydrogen-bond acceptors (Lipinski definition) is 1. The summed E-state index contributed by atoms with van der Waals surface area (Å²) in [6.07, 6.45) is 1.27. The summed E-state index contributed by atoms with van der Waals surface area (Å²) in [7, 11) is 0. The van der Waals surface area contributed by atoms with E-state index in [1.807, 2.05) is 0 Å². The summed E-state index contributed by atoms with van der Waals surface area (Å²) in [5.74, 6) is 0.432. The van der Waals surface area contributed by atoms with E-state index < -0.39 is 18.6 Å². The van der Waals surface area contributed by atoms with E-state index >= 15 is 0 Å². The average molecular weight is 209 g/mol. The predicted octanol–water partition coefficient (Wildman–Crippen LogP) is 3.24. The summed E-state index contributed by atoms with van der Waals surface area (Å²) in [4.78, 5) is 0. The van der Waals surface area contributed by atoms with E-state index in [2.05, 4.69) is 0 Å². The first kappa shape index (κ1) is 11.8. The molecule has 1 unspecified atom stereocenters.